The zero-order chi connectivity index (χ0) is 19.6. The Morgan fingerprint density at radius 2 is 1.85 bits per heavy atom. The number of esters is 2. The molecule has 9 heteroatoms. The number of anilines is 1. The van der Waals surface area contributed by atoms with Gasteiger partial charge in [0.25, 0.3) is 0 Å². The molecule has 0 aliphatic carbocycles. The quantitative estimate of drug-likeness (QED) is 0.647. The zero-order valence-electron chi connectivity index (χ0n) is 14.7. The van der Waals surface area contributed by atoms with Crippen LogP contribution in [-0.4, -0.2) is 33.6 Å². The van der Waals surface area contributed by atoms with E-state index in [1.165, 1.54) is 24.3 Å². The molecule has 3 aromatic rings. The number of nitrogens with two attached hydrogens (primary N) is 1. The van der Waals surface area contributed by atoms with Crippen LogP contribution in [0.1, 0.15) is 39.2 Å². The molecule has 0 saturated carbocycles. The minimum absolute atomic E-state index is 0.0237. The molecule has 0 atom stereocenters. The standard InChI is InChI=1S/C18H17N3O6/c1-3-25-18(24)13-9(2)27-16-14(13)15(19)20-12(21-16)8-26-17(23)10-4-6-11(22)7-5-10/h4-7,22H,3,8H2,1-2H3,(H2,19,20,21). The van der Waals surface area contributed by atoms with E-state index in [0.29, 0.717) is 5.76 Å². The summed E-state index contributed by atoms with van der Waals surface area (Å²) in [7, 11) is 0. The number of hydrogen-bond donors (Lipinski definition) is 2. The number of hydrogen-bond acceptors (Lipinski definition) is 9. The van der Waals surface area contributed by atoms with E-state index >= 15 is 0 Å². The van der Waals surface area contributed by atoms with Crippen molar-refractivity contribution in [2.45, 2.75) is 20.5 Å². The highest BCUT2D eigenvalue weighted by atomic mass is 16.5. The van der Waals surface area contributed by atoms with Crippen molar-refractivity contribution in [3.05, 3.63) is 47.0 Å². The highest BCUT2D eigenvalue weighted by Gasteiger charge is 2.24. The number of furan rings is 1. The fourth-order valence-electron chi connectivity index (χ4n) is 2.51. The number of phenolic OH excluding ortho intramolecular Hbond substituents is 1. The number of phenols is 1. The minimum Gasteiger partial charge on any atom is -0.508 e. The Balaban J connectivity index is 1.83. The van der Waals surface area contributed by atoms with Crippen LogP contribution in [0.2, 0.25) is 0 Å². The maximum Gasteiger partial charge on any atom is 0.342 e. The molecule has 0 saturated heterocycles. The molecule has 0 radical (unpaired) electrons. The van der Waals surface area contributed by atoms with Gasteiger partial charge in [-0.1, -0.05) is 0 Å². The van der Waals surface area contributed by atoms with E-state index in [-0.39, 0.29) is 52.8 Å². The monoisotopic (exact) mass is 371 g/mol. The average molecular weight is 371 g/mol. The molecular formula is C18H17N3O6. The molecule has 3 N–H and O–H groups in total. The molecule has 2 aromatic heterocycles. The largest absolute Gasteiger partial charge is 0.508 e. The summed E-state index contributed by atoms with van der Waals surface area (Å²) >= 11 is 0. The number of carbonyl (C=O) groups excluding carboxylic acids is 2. The SMILES string of the molecule is CCOC(=O)c1c(C)oc2nc(COC(=O)c3ccc(O)cc3)nc(N)c12. The van der Waals surface area contributed by atoms with Crippen LogP contribution < -0.4 is 5.73 Å². The lowest BCUT2D eigenvalue weighted by molar-refractivity contribution is 0.0461. The van der Waals surface area contributed by atoms with Crippen molar-refractivity contribution < 1.29 is 28.6 Å². The summed E-state index contributed by atoms with van der Waals surface area (Å²) in [4.78, 5) is 32.4. The third-order valence-electron chi connectivity index (χ3n) is 3.72. The third kappa shape index (κ3) is 3.66. The van der Waals surface area contributed by atoms with Gasteiger partial charge in [0, 0.05) is 0 Å². The van der Waals surface area contributed by atoms with Gasteiger partial charge in [0.15, 0.2) is 12.4 Å². The first kappa shape index (κ1) is 18.2. The van der Waals surface area contributed by atoms with Crippen LogP contribution in [0.4, 0.5) is 5.82 Å². The average Bonchev–Trinajstić information content (AvgIpc) is 2.97. The maximum atomic E-state index is 12.1. The predicted octanol–water partition coefficient (Wildman–Crippen LogP) is 2.35. The fourth-order valence-corrected chi connectivity index (χ4v) is 2.51. The Morgan fingerprint density at radius 3 is 2.52 bits per heavy atom. The molecule has 0 aliphatic rings. The van der Waals surface area contributed by atoms with Crippen molar-refractivity contribution in [3.8, 4) is 5.75 Å². The summed E-state index contributed by atoms with van der Waals surface area (Å²) in [5, 5.41) is 9.51. The van der Waals surface area contributed by atoms with Crippen LogP contribution in [-0.2, 0) is 16.1 Å². The summed E-state index contributed by atoms with van der Waals surface area (Å²) in [5.74, 6) is -0.691. The highest BCUT2D eigenvalue weighted by Crippen LogP contribution is 2.29. The molecule has 0 fully saturated rings. The van der Waals surface area contributed by atoms with E-state index < -0.39 is 11.9 Å². The van der Waals surface area contributed by atoms with Crippen LogP contribution in [0, 0.1) is 6.92 Å². The van der Waals surface area contributed by atoms with Gasteiger partial charge in [-0.05, 0) is 38.1 Å². The molecule has 3 rings (SSSR count). The predicted molar refractivity (Wildman–Crippen MR) is 94.1 cm³/mol. The first-order valence-corrected chi connectivity index (χ1v) is 8.09. The van der Waals surface area contributed by atoms with Gasteiger partial charge in [-0.25, -0.2) is 14.6 Å². The number of rotatable bonds is 5. The number of benzene rings is 1. The number of aromatic nitrogens is 2. The molecule has 0 spiro atoms. The second-order valence-electron chi connectivity index (χ2n) is 5.58. The molecular weight excluding hydrogens is 354 g/mol. The topological polar surface area (TPSA) is 138 Å². The van der Waals surface area contributed by atoms with Crippen molar-refractivity contribution in [1.82, 2.24) is 9.97 Å². The highest BCUT2D eigenvalue weighted by molar-refractivity contribution is 6.07. The van der Waals surface area contributed by atoms with E-state index in [2.05, 4.69) is 9.97 Å². The summed E-state index contributed by atoms with van der Waals surface area (Å²) < 4.78 is 15.6. The number of nitrogen functional groups attached to an aromatic ring is 1. The maximum absolute atomic E-state index is 12.1. The molecule has 2 heterocycles. The number of ether oxygens (including phenoxy) is 2. The van der Waals surface area contributed by atoms with E-state index in [1.54, 1.807) is 13.8 Å². The molecule has 0 unspecified atom stereocenters. The van der Waals surface area contributed by atoms with Crippen LogP contribution in [0.25, 0.3) is 11.1 Å². The molecule has 0 bridgehead atoms. The lowest BCUT2D eigenvalue weighted by Crippen LogP contribution is -2.10. The van der Waals surface area contributed by atoms with Gasteiger partial charge >= 0.3 is 11.9 Å². The smallest absolute Gasteiger partial charge is 0.342 e. The first-order valence-electron chi connectivity index (χ1n) is 8.09. The fraction of sp³-hybridized carbons (Fsp3) is 0.222. The van der Waals surface area contributed by atoms with Gasteiger partial charge in [-0.3, -0.25) is 0 Å². The van der Waals surface area contributed by atoms with Crippen LogP contribution >= 0.6 is 0 Å². The van der Waals surface area contributed by atoms with Gasteiger partial charge in [-0.2, -0.15) is 4.98 Å². The second kappa shape index (κ2) is 7.32. The van der Waals surface area contributed by atoms with Crippen molar-refractivity contribution in [3.63, 3.8) is 0 Å². The Kier molecular flexibility index (Phi) is 4.93. The summed E-state index contributed by atoms with van der Waals surface area (Å²) in [6.45, 7) is 3.25. The molecule has 27 heavy (non-hydrogen) atoms. The van der Waals surface area contributed by atoms with Gasteiger partial charge in [0.1, 0.15) is 22.9 Å². The number of aromatic hydroxyl groups is 1. The van der Waals surface area contributed by atoms with Crippen LogP contribution in [0.5, 0.6) is 5.75 Å². The number of nitrogens with zero attached hydrogens (tertiary/aromatic N) is 2. The minimum atomic E-state index is -0.611. The molecule has 9 nitrogen and oxygen atoms in total. The number of carbonyl (C=O) groups is 2. The van der Waals surface area contributed by atoms with Gasteiger partial charge < -0.3 is 24.7 Å². The van der Waals surface area contributed by atoms with Gasteiger partial charge in [0.2, 0.25) is 5.71 Å². The summed E-state index contributed by atoms with van der Waals surface area (Å²) in [6.07, 6.45) is 0. The number of aryl methyl sites for hydroxylation is 1. The zero-order valence-corrected chi connectivity index (χ0v) is 14.7. The Labute approximate surface area is 153 Å². The second-order valence-corrected chi connectivity index (χ2v) is 5.58. The normalized spacial score (nSPS) is 10.7. The molecule has 0 amide bonds. The van der Waals surface area contributed by atoms with Crippen molar-refractivity contribution in [1.29, 1.82) is 0 Å². The van der Waals surface area contributed by atoms with Gasteiger partial charge in [-0.15, -0.1) is 0 Å². The lowest BCUT2D eigenvalue weighted by atomic mass is 10.2. The van der Waals surface area contributed by atoms with Crippen molar-refractivity contribution >= 4 is 28.9 Å². The lowest BCUT2D eigenvalue weighted by Gasteiger charge is -2.06. The van der Waals surface area contributed by atoms with Gasteiger partial charge in [0.05, 0.1) is 17.6 Å². The summed E-state index contributed by atoms with van der Waals surface area (Å²) in [6, 6.07) is 5.61. The molecule has 1 aromatic carbocycles. The summed E-state index contributed by atoms with van der Waals surface area (Å²) in [5.41, 5.74) is 6.50. The molecule has 140 valence electrons. The van der Waals surface area contributed by atoms with E-state index in [1.807, 2.05) is 0 Å². The Hall–Kier alpha value is -3.62. The third-order valence-corrected chi connectivity index (χ3v) is 3.72. The Bertz CT molecular complexity index is 1010. The van der Waals surface area contributed by atoms with E-state index in [9.17, 15) is 14.7 Å². The number of fused-ring (bicyclic) bond motifs is 1. The van der Waals surface area contributed by atoms with Crippen LogP contribution in [0.3, 0.4) is 0 Å². The van der Waals surface area contributed by atoms with Crippen LogP contribution in [0.15, 0.2) is 28.7 Å². The molecule has 0 aliphatic heterocycles. The van der Waals surface area contributed by atoms with E-state index in [0.717, 1.165) is 0 Å². The first-order chi connectivity index (χ1) is 12.9. The van der Waals surface area contributed by atoms with E-state index in [4.69, 9.17) is 19.6 Å². The van der Waals surface area contributed by atoms with Crippen molar-refractivity contribution in [2.75, 3.05) is 12.3 Å². The Morgan fingerprint density at radius 1 is 1.15 bits per heavy atom. The van der Waals surface area contributed by atoms with Crippen molar-refractivity contribution in [2.24, 2.45) is 0 Å².